The molecule has 2 nitrogen and oxygen atoms in total. The van der Waals surface area contributed by atoms with Gasteiger partial charge >= 0.3 is 0 Å². The van der Waals surface area contributed by atoms with Crippen molar-refractivity contribution in [3.8, 4) is 0 Å². The van der Waals surface area contributed by atoms with Crippen LogP contribution in [-0.2, 0) is 6.42 Å². The van der Waals surface area contributed by atoms with E-state index in [0.717, 1.165) is 24.9 Å². The molecule has 12 heavy (non-hydrogen) atoms. The predicted octanol–water partition coefficient (Wildman–Crippen LogP) is 2.68. The Bertz CT molecular complexity index is 248. The largest absolute Gasteiger partial charge is 0.469 e. The van der Waals surface area contributed by atoms with Gasteiger partial charge in [0.05, 0.1) is 11.8 Å². The summed E-state index contributed by atoms with van der Waals surface area (Å²) in [4.78, 5) is 10.5. The Hall–Kier alpha value is -1.05. The number of hydrogen-bond donors (Lipinski definition) is 0. The lowest BCUT2D eigenvalue weighted by Crippen LogP contribution is -1.93. The molecule has 1 aromatic heterocycles. The van der Waals surface area contributed by atoms with Crippen LogP contribution in [0.4, 0.5) is 0 Å². The maximum Gasteiger partial charge on any atom is 0.153 e. The monoisotopic (exact) mass is 166 g/mol. The van der Waals surface area contributed by atoms with E-state index in [1.165, 1.54) is 0 Å². The second-order valence-electron chi connectivity index (χ2n) is 3.35. The maximum atomic E-state index is 10.5. The highest BCUT2D eigenvalue weighted by molar-refractivity contribution is 5.75. The number of hydrogen-bond acceptors (Lipinski definition) is 2. The zero-order valence-electron chi connectivity index (χ0n) is 7.54. The van der Waals surface area contributed by atoms with Gasteiger partial charge in [-0.1, -0.05) is 13.8 Å². The molecule has 66 valence electrons. The second-order valence-corrected chi connectivity index (χ2v) is 3.35. The molecule has 0 saturated carbocycles. The molecule has 0 aliphatic carbocycles. The summed E-state index contributed by atoms with van der Waals surface area (Å²) in [5, 5.41) is 0. The molecule has 1 aromatic rings. The standard InChI is InChI=1S/C10H14O2/c1-8(2)3-4-10-9(7-11)5-6-12-10/h5-8H,3-4H2,1-2H3. The van der Waals surface area contributed by atoms with E-state index < -0.39 is 0 Å². The van der Waals surface area contributed by atoms with Gasteiger partial charge < -0.3 is 4.42 Å². The normalized spacial score (nSPS) is 10.6. The molecule has 0 aliphatic rings. The number of aldehydes is 1. The molecule has 1 heterocycles. The van der Waals surface area contributed by atoms with E-state index in [9.17, 15) is 4.79 Å². The first-order valence-electron chi connectivity index (χ1n) is 4.25. The molecule has 0 bridgehead atoms. The number of furan rings is 1. The van der Waals surface area contributed by atoms with Crippen LogP contribution in [-0.4, -0.2) is 6.29 Å². The van der Waals surface area contributed by atoms with Crippen molar-refractivity contribution in [1.29, 1.82) is 0 Å². The van der Waals surface area contributed by atoms with E-state index in [4.69, 9.17) is 4.42 Å². The average Bonchev–Trinajstić information content (AvgIpc) is 2.47. The quantitative estimate of drug-likeness (QED) is 0.644. The van der Waals surface area contributed by atoms with Crippen LogP contribution in [0.2, 0.25) is 0 Å². The summed E-state index contributed by atoms with van der Waals surface area (Å²) in [7, 11) is 0. The van der Waals surface area contributed by atoms with E-state index in [1.807, 2.05) is 0 Å². The molecule has 0 aromatic carbocycles. The molecule has 0 radical (unpaired) electrons. The van der Waals surface area contributed by atoms with E-state index >= 15 is 0 Å². The van der Waals surface area contributed by atoms with Crippen molar-refractivity contribution in [3.05, 3.63) is 23.7 Å². The second kappa shape index (κ2) is 4.10. The molecular formula is C10H14O2. The Labute approximate surface area is 72.6 Å². The van der Waals surface area contributed by atoms with Crippen LogP contribution >= 0.6 is 0 Å². The zero-order valence-corrected chi connectivity index (χ0v) is 7.54. The predicted molar refractivity (Wildman–Crippen MR) is 47.3 cm³/mol. The van der Waals surface area contributed by atoms with Gasteiger partial charge in [-0.15, -0.1) is 0 Å². The highest BCUT2D eigenvalue weighted by Crippen LogP contribution is 2.13. The van der Waals surface area contributed by atoms with E-state index in [1.54, 1.807) is 12.3 Å². The Balaban J connectivity index is 2.56. The van der Waals surface area contributed by atoms with Crippen LogP contribution in [0.15, 0.2) is 16.7 Å². The molecular weight excluding hydrogens is 152 g/mol. The van der Waals surface area contributed by atoms with Gasteiger partial charge in [-0.05, 0) is 18.4 Å². The summed E-state index contributed by atoms with van der Waals surface area (Å²) in [5.41, 5.74) is 0.690. The smallest absolute Gasteiger partial charge is 0.153 e. The molecule has 0 spiro atoms. The van der Waals surface area contributed by atoms with Crippen molar-refractivity contribution in [2.75, 3.05) is 0 Å². The van der Waals surface area contributed by atoms with Crippen molar-refractivity contribution < 1.29 is 9.21 Å². The van der Waals surface area contributed by atoms with Gasteiger partial charge in [0.2, 0.25) is 0 Å². The van der Waals surface area contributed by atoms with Crippen molar-refractivity contribution in [2.45, 2.75) is 26.7 Å². The molecule has 0 aliphatic heterocycles. The molecule has 0 fully saturated rings. The third-order valence-electron chi connectivity index (χ3n) is 1.86. The van der Waals surface area contributed by atoms with E-state index in [0.29, 0.717) is 11.5 Å². The minimum atomic E-state index is 0.648. The number of aryl methyl sites for hydroxylation is 1. The first kappa shape index (κ1) is 9.04. The average molecular weight is 166 g/mol. The van der Waals surface area contributed by atoms with Gasteiger partial charge in [-0.3, -0.25) is 4.79 Å². The van der Waals surface area contributed by atoms with Gasteiger partial charge in [-0.2, -0.15) is 0 Å². The minimum absolute atomic E-state index is 0.648. The van der Waals surface area contributed by atoms with E-state index in [-0.39, 0.29) is 0 Å². The molecule has 1 rings (SSSR count). The highest BCUT2D eigenvalue weighted by atomic mass is 16.3. The fraction of sp³-hybridized carbons (Fsp3) is 0.500. The number of rotatable bonds is 4. The summed E-state index contributed by atoms with van der Waals surface area (Å²) in [5.74, 6) is 1.47. The van der Waals surface area contributed by atoms with Crippen molar-refractivity contribution in [1.82, 2.24) is 0 Å². The summed E-state index contributed by atoms with van der Waals surface area (Å²) >= 11 is 0. The van der Waals surface area contributed by atoms with Crippen molar-refractivity contribution in [3.63, 3.8) is 0 Å². The van der Waals surface area contributed by atoms with E-state index in [2.05, 4.69) is 13.8 Å². The third kappa shape index (κ3) is 2.22. The topological polar surface area (TPSA) is 30.2 Å². The Kier molecular flexibility index (Phi) is 3.09. The van der Waals surface area contributed by atoms with Crippen LogP contribution in [0, 0.1) is 5.92 Å². The highest BCUT2D eigenvalue weighted by Gasteiger charge is 2.05. The van der Waals surface area contributed by atoms with Crippen LogP contribution in [0.25, 0.3) is 0 Å². The molecule has 0 atom stereocenters. The molecule has 0 unspecified atom stereocenters. The van der Waals surface area contributed by atoms with Gasteiger partial charge in [0.25, 0.3) is 0 Å². The molecule has 0 saturated heterocycles. The summed E-state index contributed by atoms with van der Waals surface area (Å²) < 4.78 is 5.17. The van der Waals surface area contributed by atoms with Crippen LogP contribution in [0.5, 0.6) is 0 Å². The molecule has 0 amide bonds. The molecule has 0 N–H and O–H groups in total. The van der Waals surface area contributed by atoms with Crippen LogP contribution in [0.1, 0.15) is 36.4 Å². The van der Waals surface area contributed by atoms with Crippen molar-refractivity contribution in [2.24, 2.45) is 5.92 Å². The SMILES string of the molecule is CC(C)CCc1occc1C=O. The summed E-state index contributed by atoms with van der Waals surface area (Å²) in [6.07, 6.45) is 4.34. The first-order valence-corrected chi connectivity index (χ1v) is 4.25. The summed E-state index contributed by atoms with van der Waals surface area (Å²) in [6, 6.07) is 1.71. The molecule has 2 heteroatoms. The first-order chi connectivity index (χ1) is 5.74. The van der Waals surface area contributed by atoms with Crippen molar-refractivity contribution >= 4 is 6.29 Å². The number of carbonyl (C=O) groups is 1. The van der Waals surface area contributed by atoms with Crippen LogP contribution in [0.3, 0.4) is 0 Å². The Morgan fingerprint density at radius 1 is 1.58 bits per heavy atom. The minimum Gasteiger partial charge on any atom is -0.469 e. The lowest BCUT2D eigenvalue weighted by molar-refractivity contribution is 0.112. The zero-order chi connectivity index (χ0) is 8.97. The summed E-state index contributed by atoms with van der Waals surface area (Å²) in [6.45, 7) is 4.31. The van der Waals surface area contributed by atoms with Crippen LogP contribution < -0.4 is 0 Å². The number of carbonyl (C=O) groups excluding carboxylic acids is 1. The van der Waals surface area contributed by atoms with Gasteiger partial charge in [0, 0.05) is 6.42 Å². The maximum absolute atomic E-state index is 10.5. The van der Waals surface area contributed by atoms with Gasteiger partial charge in [0.15, 0.2) is 6.29 Å². The van der Waals surface area contributed by atoms with Gasteiger partial charge in [-0.25, -0.2) is 0 Å². The lowest BCUT2D eigenvalue weighted by Gasteiger charge is -2.01. The lowest BCUT2D eigenvalue weighted by atomic mass is 10.1. The fourth-order valence-electron chi connectivity index (χ4n) is 1.08. The van der Waals surface area contributed by atoms with Gasteiger partial charge in [0.1, 0.15) is 5.76 Å². The third-order valence-corrected chi connectivity index (χ3v) is 1.86. The fourth-order valence-corrected chi connectivity index (χ4v) is 1.08. The Morgan fingerprint density at radius 3 is 2.92 bits per heavy atom. The Morgan fingerprint density at radius 2 is 2.33 bits per heavy atom.